The lowest BCUT2D eigenvalue weighted by molar-refractivity contribution is -0.137. The molecule has 4 nitrogen and oxygen atoms in total. The summed E-state index contributed by atoms with van der Waals surface area (Å²) in [6.07, 6.45) is -0.980. The highest BCUT2D eigenvalue weighted by Crippen LogP contribution is 2.35. The molecule has 0 radical (unpaired) electrons. The number of hydrogen-bond donors (Lipinski definition) is 0. The maximum Gasteiger partial charge on any atom is 0.416 e. The van der Waals surface area contributed by atoms with E-state index < -0.39 is 27.4 Å². The first kappa shape index (κ1) is 19.3. The summed E-state index contributed by atoms with van der Waals surface area (Å²) in [5.41, 5.74) is -0.892. The minimum Gasteiger partial charge on any atom is -0.483 e. The molecule has 144 valence electrons. The summed E-state index contributed by atoms with van der Waals surface area (Å²) < 4.78 is 71.1. The average molecular weight is 397 g/mol. The monoisotopic (exact) mass is 397 g/mol. The first-order valence-electron chi connectivity index (χ1n) is 8.09. The number of halogens is 3. The fourth-order valence-electron chi connectivity index (χ4n) is 2.69. The smallest absolute Gasteiger partial charge is 0.416 e. The molecule has 0 saturated heterocycles. The summed E-state index contributed by atoms with van der Waals surface area (Å²) in [4.78, 5) is -0.0332. The number of sulfonamides is 1. The van der Waals surface area contributed by atoms with Gasteiger partial charge in [0.25, 0.3) is 10.0 Å². The van der Waals surface area contributed by atoms with E-state index in [1.54, 1.807) is 12.1 Å². The standard InChI is InChI=1S/C19H18F3NO3S/c1-18(2)10-9-13-11-16(7-8-17(13)26-18)27(24,25)23(3)15-6-4-5-14(12-15)19(20,21)22/h4-12H,1-3H3. The van der Waals surface area contributed by atoms with Gasteiger partial charge in [-0.15, -0.1) is 0 Å². The van der Waals surface area contributed by atoms with E-state index >= 15 is 0 Å². The molecule has 0 N–H and O–H groups in total. The molecule has 0 aliphatic carbocycles. The molecule has 2 aromatic rings. The van der Waals surface area contributed by atoms with Crippen LogP contribution in [0, 0.1) is 0 Å². The summed E-state index contributed by atoms with van der Waals surface area (Å²) >= 11 is 0. The van der Waals surface area contributed by atoms with Crippen LogP contribution in [0.4, 0.5) is 18.9 Å². The van der Waals surface area contributed by atoms with Gasteiger partial charge in [-0.3, -0.25) is 4.31 Å². The second-order valence-corrected chi connectivity index (χ2v) is 8.73. The molecule has 0 aromatic heterocycles. The Labute approximate surface area is 155 Å². The molecule has 1 aliphatic heterocycles. The normalized spacial score (nSPS) is 15.8. The van der Waals surface area contributed by atoms with Gasteiger partial charge in [0.15, 0.2) is 0 Å². The zero-order valence-electron chi connectivity index (χ0n) is 14.9. The molecule has 0 unspecified atom stereocenters. The summed E-state index contributed by atoms with van der Waals surface area (Å²) in [6.45, 7) is 3.75. The largest absolute Gasteiger partial charge is 0.483 e. The van der Waals surface area contributed by atoms with Crippen molar-refractivity contribution in [1.82, 2.24) is 0 Å². The van der Waals surface area contributed by atoms with Crippen LogP contribution in [0.2, 0.25) is 0 Å². The Morgan fingerprint density at radius 2 is 1.78 bits per heavy atom. The molecule has 0 spiro atoms. The minimum atomic E-state index is -4.55. The molecule has 3 rings (SSSR count). The molecular weight excluding hydrogens is 379 g/mol. The second-order valence-electron chi connectivity index (χ2n) is 6.76. The first-order chi connectivity index (χ1) is 12.4. The highest BCUT2D eigenvalue weighted by atomic mass is 32.2. The van der Waals surface area contributed by atoms with Crippen molar-refractivity contribution in [3.05, 3.63) is 59.7 Å². The van der Waals surface area contributed by atoms with Crippen LogP contribution >= 0.6 is 0 Å². The van der Waals surface area contributed by atoms with Gasteiger partial charge in [0, 0.05) is 12.6 Å². The zero-order valence-corrected chi connectivity index (χ0v) is 15.7. The molecule has 1 heterocycles. The van der Waals surface area contributed by atoms with E-state index in [1.807, 2.05) is 19.9 Å². The summed E-state index contributed by atoms with van der Waals surface area (Å²) in [5, 5.41) is 0. The number of benzene rings is 2. The quantitative estimate of drug-likeness (QED) is 0.753. The lowest BCUT2D eigenvalue weighted by Gasteiger charge is -2.28. The van der Waals surface area contributed by atoms with Crippen LogP contribution in [0.15, 0.2) is 53.4 Å². The van der Waals surface area contributed by atoms with E-state index in [0.29, 0.717) is 11.3 Å². The molecule has 8 heteroatoms. The van der Waals surface area contributed by atoms with Crippen molar-refractivity contribution >= 4 is 21.8 Å². The summed E-state index contributed by atoms with van der Waals surface area (Å²) in [5.74, 6) is 0.545. The van der Waals surface area contributed by atoms with E-state index in [2.05, 4.69) is 0 Å². The Morgan fingerprint density at radius 1 is 1.07 bits per heavy atom. The lowest BCUT2D eigenvalue weighted by atomic mass is 10.0. The molecule has 1 aliphatic rings. The number of rotatable bonds is 3. The highest BCUT2D eigenvalue weighted by molar-refractivity contribution is 7.92. The van der Waals surface area contributed by atoms with Crippen molar-refractivity contribution in [1.29, 1.82) is 0 Å². The average Bonchev–Trinajstić information content (AvgIpc) is 2.59. The third kappa shape index (κ3) is 3.80. The van der Waals surface area contributed by atoms with Crippen LogP contribution in [0.1, 0.15) is 25.0 Å². The van der Waals surface area contributed by atoms with E-state index in [1.165, 1.54) is 31.3 Å². The lowest BCUT2D eigenvalue weighted by Crippen LogP contribution is -2.29. The maximum atomic E-state index is 12.9. The number of ether oxygens (including phenoxy) is 1. The van der Waals surface area contributed by atoms with Gasteiger partial charge in [-0.05, 0) is 56.3 Å². The predicted molar refractivity (Wildman–Crippen MR) is 97.2 cm³/mol. The van der Waals surface area contributed by atoms with Gasteiger partial charge < -0.3 is 4.74 Å². The highest BCUT2D eigenvalue weighted by Gasteiger charge is 2.32. The maximum absolute atomic E-state index is 12.9. The van der Waals surface area contributed by atoms with Crippen LogP contribution in [0.3, 0.4) is 0 Å². The Morgan fingerprint density at radius 3 is 2.44 bits per heavy atom. The van der Waals surface area contributed by atoms with Crippen LogP contribution in [0.5, 0.6) is 5.75 Å². The van der Waals surface area contributed by atoms with Crippen molar-refractivity contribution < 1.29 is 26.3 Å². The van der Waals surface area contributed by atoms with Gasteiger partial charge in [-0.2, -0.15) is 13.2 Å². The van der Waals surface area contributed by atoms with Crippen LogP contribution in [0.25, 0.3) is 6.08 Å². The molecule has 0 atom stereocenters. The summed E-state index contributed by atoms with van der Waals surface area (Å²) in [6, 6.07) is 8.57. The number of alkyl halides is 3. The Kier molecular flexibility index (Phi) is 4.50. The van der Waals surface area contributed by atoms with Gasteiger partial charge in [0.1, 0.15) is 11.4 Å². The van der Waals surface area contributed by atoms with Crippen LogP contribution < -0.4 is 9.04 Å². The van der Waals surface area contributed by atoms with Crippen LogP contribution in [-0.2, 0) is 16.2 Å². The second kappa shape index (κ2) is 6.30. The third-order valence-electron chi connectivity index (χ3n) is 4.21. The van der Waals surface area contributed by atoms with Crippen molar-refractivity contribution in [3.63, 3.8) is 0 Å². The molecule has 27 heavy (non-hydrogen) atoms. The molecule has 0 fully saturated rings. The molecule has 2 aromatic carbocycles. The fourth-order valence-corrected chi connectivity index (χ4v) is 3.92. The number of anilines is 1. The van der Waals surface area contributed by atoms with Crippen molar-refractivity contribution in [2.75, 3.05) is 11.4 Å². The van der Waals surface area contributed by atoms with E-state index in [-0.39, 0.29) is 10.6 Å². The fraction of sp³-hybridized carbons (Fsp3) is 0.263. The van der Waals surface area contributed by atoms with Gasteiger partial charge in [-0.25, -0.2) is 8.42 Å². The molecular formula is C19H18F3NO3S. The van der Waals surface area contributed by atoms with Gasteiger partial charge in [-0.1, -0.05) is 12.1 Å². The van der Waals surface area contributed by atoms with E-state index in [9.17, 15) is 21.6 Å². The van der Waals surface area contributed by atoms with Gasteiger partial charge in [0.2, 0.25) is 0 Å². The Bertz CT molecular complexity index is 1010. The predicted octanol–water partition coefficient (Wildman–Crippen LogP) is 4.71. The zero-order chi connectivity index (χ0) is 20.0. The number of fused-ring (bicyclic) bond motifs is 1. The van der Waals surface area contributed by atoms with Gasteiger partial charge >= 0.3 is 6.18 Å². The van der Waals surface area contributed by atoms with E-state index in [4.69, 9.17) is 4.74 Å². The Balaban J connectivity index is 1.98. The summed E-state index contributed by atoms with van der Waals surface area (Å²) in [7, 11) is -2.82. The molecule has 0 saturated carbocycles. The number of hydrogen-bond acceptors (Lipinski definition) is 3. The topological polar surface area (TPSA) is 46.6 Å². The molecule has 0 bridgehead atoms. The molecule has 0 amide bonds. The van der Waals surface area contributed by atoms with Gasteiger partial charge in [0.05, 0.1) is 16.1 Å². The van der Waals surface area contributed by atoms with Crippen molar-refractivity contribution in [2.45, 2.75) is 30.5 Å². The minimum absolute atomic E-state index is 0.0332. The van der Waals surface area contributed by atoms with E-state index in [0.717, 1.165) is 16.4 Å². The number of nitrogens with zero attached hydrogens (tertiary/aromatic N) is 1. The van der Waals surface area contributed by atoms with Crippen LogP contribution in [-0.4, -0.2) is 21.1 Å². The van der Waals surface area contributed by atoms with Crippen molar-refractivity contribution in [3.8, 4) is 5.75 Å². The SMILES string of the molecule is CN(c1cccc(C(F)(F)F)c1)S(=O)(=O)c1ccc2c(c1)C=CC(C)(C)O2. The Hall–Kier alpha value is -2.48. The first-order valence-corrected chi connectivity index (χ1v) is 9.53. The van der Waals surface area contributed by atoms with Crippen molar-refractivity contribution in [2.24, 2.45) is 0 Å². The third-order valence-corrected chi connectivity index (χ3v) is 6.00.